The molecule has 0 bridgehead atoms. The third-order valence-corrected chi connectivity index (χ3v) is 7.02. The van der Waals surface area contributed by atoms with E-state index in [0.717, 1.165) is 60.3 Å². The zero-order valence-corrected chi connectivity index (χ0v) is 17.7. The van der Waals surface area contributed by atoms with Crippen LogP contribution in [0.25, 0.3) is 0 Å². The van der Waals surface area contributed by atoms with Crippen LogP contribution < -0.4 is 0 Å². The number of nitrogens with zero attached hydrogens (tertiary/aromatic N) is 6. The number of aromatic nitrogens is 2. The van der Waals surface area contributed by atoms with Gasteiger partial charge in [-0.2, -0.15) is 10.1 Å². The fourth-order valence-corrected chi connectivity index (χ4v) is 5.05. The van der Waals surface area contributed by atoms with Crippen molar-refractivity contribution < 1.29 is 5.11 Å². The van der Waals surface area contributed by atoms with E-state index in [4.69, 9.17) is 10.1 Å². The zero-order valence-electron chi connectivity index (χ0n) is 16.1. The number of rotatable bonds is 4. The summed E-state index contributed by atoms with van der Waals surface area (Å²) in [7, 11) is 0. The van der Waals surface area contributed by atoms with Gasteiger partial charge in [0.15, 0.2) is 0 Å². The molecule has 0 radical (unpaired) electrons. The molecular weight excluding hydrogens is 392 g/mol. The van der Waals surface area contributed by atoms with Gasteiger partial charge in [-0.1, -0.05) is 55.1 Å². The SMILES string of the molecule is CCC1=NN(/C(=N/c2nnc(CC)s2)N2CCCC2)C(c2ccccc2O)S1. The van der Waals surface area contributed by atoms with Crippen molar-refractivity contribution in [1.82, 2.24) is 20.1 Å². The molecule has 0 spiro atoms. The molecule has 1 N–H and O–H groups in total. The number of hydrogen-bond donors (Lipinski definition) is 1. The quantitative estimate of drug-likeness (QED) is 0.589. The van der Waals surface area contributed by atoms with Crippen LogP contribution in [0.5, 0.6) is 5.75 Å². The summed E-state index contributed by atoms with van der Waals surface area (Å²) in [6.45, 7) is 6.06. The molecule has 2 aliphatic rings. The molecule has 1 aromatic carbocycles. The number of hydrogen-bond acceptors (Lipinski definition) is 7. The third-order valence-electron chi connectivity index (χ3n) is 4.74. The zero-order chi connectivity index (χ0) is 19.5. The van der Waals surface area contributed by atoms with Crippen molar-refractivity contribution in [3.8, 4) is 5.75 Å². The molecule has 3 heterocycles. The fourth-order valence-electron chi connectivity index (χ4n) is 3.27. The Kier molecular flexibility index (Phi) is 5.82. The van der Waals surface area contributed by atoms with Crippen LogP contribution in [-0.4, -0.2) is 49.3 Å². The maximum absolute atomic E-state index is 10.5. The van der Waals surface area contributed by atoms with E-state index in [2.05, 4.69) is 28.9 Å². The lowest BCUT2D eigenvalue weighted by Gasteiger charge is -2.30. The Morgan fingerprint density at radius 3 is 2.64 bits per heavy atom. The molecular formula is C19H24N6OS2. The number of aliphatic imine (C=N–C) groups is 1. The first kappa shape index (κ1) is 19.2. The molecule has 0 amide bonds. The van der Waals surface area contributed by atoms with Crippen LogP contribution >= 0.6 is 23.1 Å². The second kappa shape index (κ2) is 8.48. The predicted octanol–water partition coefficient (Wildman–Crippen LogP) is 4.36. The summed E-state index contributed by atoms with van der Waals surface area (Å²) in [5.41, 5.74) is 0.845. The lowest BCUT2D eigenvalue weighted by Crippen LogP contribution is -2.40. The Morgan fingerprint density at radius 2 is 1.96 bits per heavy atom. The van der Waals surface area contributed by atoms with Gasteiger partial charge >= 0.3 is 0 Å². The summed E-state index contributed by atoms with van der Waals surface area (Å²) in [6, 6.07) is 7.47. The standard InChI is InChI=1S/C19H24N6OS2/c1-3-15-21-22-18(28-15)20-19(24-11-7-8-12-24)25-17(27-16(4-2)23-25)13-9-5-6-10-14(13)26/h5-6,9-10,17,26H,3-4,7-8,11-12H2,1-2H3/b20-19+. The number of para-hydroxylation sites is 1. The maximum atomic E-state index is 10.5. The number of thioether (sulfide) groups is 1. The molecule has 1 unspecified atom stereocenters. The molecule has 28 heavy (non-hydrogen) atoms. The van der Waals surface area contributed by atoms with Crippen LogP contribution in [0.1, 0.15) is 49.1 Å². The predicted molar refractivity (Wildman–Crippen MR) is 115 cm³/mol. The molecule has 148 valence electrons. The van der Waals surface area contributed by atoms with E-state index in [1.165, 1.54) is 11.3 Å². The Hall–Kier alpha value is -2.13. The minimum absolute atomic E-state index is 0.144. The van der Waals surface area contributed by atoms with E-state index >= 15 is 0 Å². The van der Waals surface area contributed by atoms with Crippen LogP contribution in [0.2, 0.25) is 0 Å². The number of aromatic hydroxyl groups is 1. The minimum atomic E-state index is -0.144. The van der Waals surface area contributed by atoms with E-state index in [1.54, 1.807) is 17.8 Å². The smallest absolute Gasteiger partial charge is 0.234 e. The molecule has 9 heteroatoms. The molecule has 1 fully saturated rings. The Labute approximate surface area is 173 Å². The lowest BCUT2D eigenvalue weighted by atomic mass is 10.2. The summed E-state index contributed by atoms with van der Waals surface area (Å²) >= 11 is 3.19. The van der Waals surface area contributed by atoms with Crippen LogP contribution in [-0.2, 0) is 6.42 Å². The van der Waals surface area contributed by atoms with E-state index in [9.17, 15) is 5.11 Å². The van der Waals surface area contributed by atoms with Crippen molar-refractivity contribution >= 4 is 39.2 Å². The molecule has 2 aromatic rings. The normalized spacial score (nSPS) is 20.1. The monoisotopic (exact) mass is 416 g/mol. The third kappa shape index (κ3) is 3.86. The number of phenolic OH excluding ortho intramolecular Hbond substituents is 1. The highest BCUT2D eigenvalue weighted by Crippen LogP contribution is 2.44. The van der Waals surface area contributed by atoms with Crippen molar-refractivity contribution in [2.75, 3.05) is 13.1 Å². The summed E-state index contributed by atoms with van der Waals surface area (Å²) in [5.74, 6) is 1.07. The topological polar surface area (TPSA) is 77.2 Å². The summed E-state index contributed by atoms with van der Waals surface area (Å²) in [6.07, 6.45) is 3.98. The second-order valence-electron chi connectivity index (χ2n) is 6.66. The van der Waals surface area contributed by atoms with Crippen LogP contribution in [0.15, 0.2) is 34.4 Å². The van der Waals surface area contributed by atoms with Crippen molar-refractivity contribution in [3.63, 3.8) is 0 Å². The van der Waals surface area contributed by atoms with Gasteiger partial charge in [-0.3, -0.25) is 0 Å². The molecule has 1 atom stereocenters. The largest absolute Gasteiger partial charge is 0.508 e. The fraction of sp³-hybridized carbons (Fsp3) is 0.474. The lowest BCUT2D eigenvalue weighted by molar-refractivity contribution is 0.347. The van der Waals surface area contributed by atoms with Gasteiger partial charge < -0.3 is 10.0 Å². The first-order valence-electron chi connectivity index (χ1n) is 9.66. The maximum Gasteiger partial charge on any atom is 0.234 e. The van der Waals surface area contributed by atoms with E-state index in [-0.39, 0.29) is 11.1 Å². The number of likely N-dealkylation sites (tertiary alicyclic amines) is 1. The second-order valence-corrected chi connectivity index (χ2v) is 8.85. The van der Waals surface area contributed by atoms with Gasteiger partial charge in [0.25, 0.3) is 0 Å². The Morgan fingerprint density at radius 1 is 1.18 bits per heavy atom. The summed E-state index contributed by atoms with van der Waals surface area (Å²) in [4.78, 5) is 7.14. The van der Waals surface area contributed by atoms with Crippen molar-refractivity contribution in [2.24, 2.45) is 10.1 Å². The van der Waals surface area contributed by atoms with Crippen LogP contribution in [0.3, 0.4) is 0 Å². The van der Waals surface area contributed by atoms with E-state index in [0.29, 0.717) is 5.13 Å². The number of phenols is 1. The van der Waals surface area contributed by atoms with Crippen molar-refractivity contribution in [1.29, 1.82) is 0 Å². The highest BCUT2D eigenvalue weighted by Gasteiger charge is 2.36. The summed E-state index contributed by atoms with van der Waals surface area (Å²) in [5, 5.41) is 28.2. The minimum Gasteiger partial charge on any atom is -0.508 e. The Balaban J connectivity index is 1.75. The first-order chi connectivity index (χ1) is 13.7. The molecule has 7 nitrogen and oxygen atoms in total. The Bertz CT molecular complexity index is 890. The molecule has 0 saturated carbocycles. The molecule has 4 rings (SSSR count). The van der Waals surface area contributed by atoms with E-state index in [1.807, 2.05) is 23.2 Å². The highest BCUT2D eigenvalue weighted by molar-refractivity contribution is 8.14. The molecule has 0 aliphatic carbocycles. The first-order valence-corrected chi connectivity index (χ1v) is 11.4. The van der Waals surface area contributed by atoms with Gasteiger partial charge in [0, 0.05) is 18.7 Å². The van der Waals surface area contributed by atoms with Crippen LogP contribution in [0.4, 0.5) is 5.13 Å². The number of hydrazone groups is 1. The van der Waals surface area contributed by atoms with Gasteiger partial charge in [0.05, 0.1) is 5.04 Å². The molecule has 1 aromatic heterocycles. The summed E-state index contributed by atoms with van der Waals surface area (Å²) < 4.78 is 0. The molecule has 1 saturated heterocycles. The van der Waals surface area contributed by atoms with Gasteiger partial charge in [-0.25, -0.2) is 5.01 Å². The van der Waals surface area contributed by atoms with Gasteiger partial charge in [0.2, 0.25) is 11.1 Å². The van der Waals surface area contributed by atoms with Crippen molar-refractivity contribution in [3.05, 3.63) is 34.8 Å². The average Bonchev–Trinajstić information content (AvgIpc) is 3.46. The van der Waals surface area contributed by atoms with Gasteiger partial charge in [0.1, 0.15) is 16.1 Å². The van der Waals surface area contributed by atoms with Gasteiger partial charge in [-0.05, 0) is 31.7 Å². The highest BCUT2D eigenvalue weighted by atomic mass is 32.2. The average molecular weight is 417 g/mol. The van der Waals surface area contributed by atoms with Crippen molar-refractivity contribution in [2.45, 2.75) is 44.9 Å². The number of aryl methyl sites for hydroxylation is 1. The molecule has 2 aliphatic heterocycles. The number of benzene rings is 1. The van der Waals surface area contributed by atoms with Gasteiger partial charge in [-0.15, -0.1) is 10.2 Å². The van der Waals surface area contributed by atoms with E-state index < -0.39 is 0 Å². The van der Waals surface area contributed by atoms with Crippen LogP contribution in [0, 0.1) is 0 Å². The number of guanidine groups is 1.